The van der Waals surface area contributed by atoms with Crippen LogP contribution in [0.5, 0.6) is 0 Å². The number of aromatic nitrogens is 4. The first-order valence-corrected chi connectivity index (χ1v) is 13.1. The van der Waals surface area contributed by atoms with Gasteiger partial charge in [-0.2, -0.15) is 9.78 Å². The monoisotopic (exact) mass is 571 g/mol. The number of nitrogens with zero attached hydrogens (tertiary/aromatic N) is 4. The lowest BCUT2D eigenvalue weighted by atomic mass is 10.1. The van der Waals surface area contributed by atoms with Crippen molar-refractivity contribution in [3.8, 4) is 11.1 Å². The second-order valence-corrected chi connectivity index (χ2v) is 10.6. The second-order valence-electron chi connectivity index (χ2n) is 10.6. The highest BCUT2D eigenvalue weighted by Crippen LogP contribution is 2.22. The molecule has 42 heavy (non-hydrogen) atoms. The molecule has 5 rings (SSSR count). The number of carbonyl (C=O) groups is 2. The van der Waals surface area contributed by atoms with Crippen LogP contribution < -0.4 is 10.9 Å². The molecule has 0 aliphatic heterocycles. The summed E-state index contributed by atoms with van der Waals surface area (Å²) in [7, 11) is 0. The van der Waals surface area contributed by atoms with E-state index in [0.29, 0.717) is 27.6 Å². The third-order valence-electron chi connectivity index (χ3n) is 6.35. The van der Waals surface area contributed by atoms with Gasteiger partial charge in [0.15, 0.2) is 0 Å². The molecule has 214 valence electrons. The second kappa shape index (κ2) is 11.4. The van der Waals surface area contributed by atoms with Crippen LogP contribution in [0, 0.1) is 11.6 Å². The maximum absolute atomic E-state index is 13.9. The molecule has 0 saturated heterocycles. The van der Waals surface area contributed by atoms with E-state index >= 15 is 0 Å². The number of nitrogens with one attached hydrogen (secondary N) is 1. The lowest BCUT2D eigenvalue weighted by molar-refractivity contribution is 0.0514. The number of hydrogen-bond acceptors (Lipinski definition) is 6. The van der Waals surface area contributed by atoms with Crippen molar-refractivity contribution in [2.75, 3.05) is 0 Å². The van der Waals surface area contributed by atoms with Crippen molar-refractivity contribution in [3.63, 3.8) is 0 Å². The van der Waals surface area contributed by atoms with Gasteiger partial charge in [0, 0.05) is 29.4 Å². The molecule has 9 nitrogen and oxygen atoms in total. The molecule has 0 radical (unpaired) electrons. The van der Waals surface area contributed by atoms with Gasteiger partial charge in [-0.05, 0) is 68.3 Å². The topological polar surface area (TPSA) is 108 Å². The molecule has 1 N–H and O–H groups in total. The van der Waals surface area contributed by atoms with E-state index < -0.39 is 29.2 Å². The molecule has 0 unspecified atom stereocenters. The average Bonchev–Trinajstić information content (AvgIpc) is 3.44. The van der Waals surface area contributed by atoms with Gasteiger partial charge in [-0.15, -0.1) is 0 Å². The Balaban J connectivity index is 1.35. The number of rotatable bonds is 6. The molecule has 5 aromatic rings. The quantitative estimate of drug-likeness (QED) is 0.296. The van der Waals surface area contributed by atoms with Crippen LogP contribution in [0.2, 0.25) is 0 Å². The Morgan fingerprint density at radius 3 is 2.45 bits per heavy atom. The molecule has 2 aromatic heterocycles. The highest BCUT2D eigenvalue weighted by atomic mass is 19.1. The Labute approximate surface area is 239 Å². The molecule has 2 heterocycles. The molecular weight excluding hydrogens is 544 g/mol. The van der Waals surface area contributed by atoms with Gasteiger partial charge in [0.25, 0.3) is 11.5 Å². The Bertz CT molecular complexity index is 1850. The smallest absolute Gasteiger partial charge is 0.435 e. The summed E-state index contributed by atoms with van der Waals surface area (Å²) in [5, 5.41) is 6.98. The van der Waals surface area contributed by atoms with Gasteiger partial charge in [0.1, 0.15) is 17.2 Å². The van der Waals surface area contributed by atoms with E-state index in [0.717, 1.165) is 16.8 Å². The summed E-state index contributed by atoms with van der Waals surface area (Å²) in [4.78, 5) is 42.9. The van der Waals surface area contributed by atoms with Crippen LogP contribution in [0.1, 0.15) is 42.3 Å². The Morgan fingerprint density at radius 2 is 1.71 bits per heavy atom. The van der Waals surface area contributed by atoms with Gasteiger partial charge in [0.2, 0.25) is 0 Å². The third-order valence-corrected chi connectivity index (χ3v) is 6.35. The number of carbonyl (C=O) groups excluding carboxylic acids is 2. The van der Waals surface area contributed by atoms with Crippen molar-refractivity contribution in [3.05, 3.63) is 118 Å². The van der Waals surface area contributed by atoms with Crippen LogP contribution in [0.15, 0.2) is 84.2 Å². The van der Waals surface area contributed by atoms with Crippen molar-refractivity contribution in [2.24, 2.45) is 0 Å². The first-order valence-electron chi connectivity index (χ1n) is 13.1. The van der Waals surface area contributed by atoms with Crippen molar-refractivity contribution in [1.29, 1.82) is 0 Å². The van der Waals surface area contributed by atoms with Crippen LogP contribution in [-0.4, -0.2) is 36.9 Å². The zero-order valence-electron chi connectivity index (χ0n) is 23.1. The van der Waals surface area contributed by atoms with Gasteiger partial charge in [-0.25, -0.2) is 18.6 Å². The zero-order valence-corrected chi connectivity index (χ0v) is 23.1. The first-order chi connectivity index (χ1) is 20.0. The lowest BCUT2D eigenvalue weighted by Crippen LogP contribution is -2.27. The van der Waals surface area contributed by atoms with E-state index in [-0.39, 0.29) is 29.8 Å². The van der Waals surface area contributed by atoms with Crippen molar-refractivity contribution in [2.45, 2.75) is 39.5 Å². The standard InChI is InChI=1S/C31H27F2N5O4/c1-31(2,3)42-30(41)38-17-22(14-36-38)20-10-11-27-23(13-20)29(40)37(18-35-27)16-19-6-4-7-21(12-19)28(39)34-15-24-25(32)8-5-9-26(24)33/h4-14,17-18H,15-16H2,1-3H3,(H,34,39). The van der Waals surface area contributed by atoms with E-state index in [2.05, 4.69) is 15.4 Å². The molecular formula is C31H27F2N5O4. The summed E-state index contributed by atoms with van der Waals surface area (Å²) < 4.78 is 35.7. The molecule has 0 bridgehead atoms. The molecule has 0 aliphatic rings. The number of ether oxygens (including phenoxy) is 1. The Morgan fingerprint density at radius 1 is 0.976 bits per heavy atom. The minimum atomic E-state index is -0.743. The number of fused-ring (bicyclic) bond motifs is 1. The molecule has 1 amide bonds. The van der Waals surface area contributed by atoms with Gasteiger partial charge >= 0.3 is 6.09 Å². The number of amides is 1. The summed E-state index contributed by atoms with van der Waals surface area (Å²) in [6.07, 6.45) is 3.85. The van der Waals surface area contributed by atoms with Crippen LogP contribution in [0.25, 0.3) is 22.0 Å². The predicted molar refractivity (Wildman–Crippen MR) is 152 cm³/mol. The molecule has 3 aromatic carbocycles. The van der Waals surface area contributed by atoms with Crippen molar-refractivity contribution in [1.82, 2.24) is 24.6 Å². The maximum atomic E-state index is 13.9. The average molecular weight is 572 g/mol. The molecule has 0 atom stereocenters. The number of hydrogen-bond donors (Lipinski definition) is 1. The van der Waals surface area contributed by atoms with Crippen LogP contribution in [0.4, 0.5) is 13.6 Å². The lowest BCUT2D eigenvalue weighted by Gasteiger charge is -2.18. The first kappa shape index (κ1) is 28.3. The molecule has 0 aliphatic carbocycles. The van der Waals surface area contributed by atoms with Gasteiger partial charge < -0.3 is 10.1 Å². The third kappa shape index (κ3) is 6.25. The summed E-state index contributed by atoms with van der Waals surface area (Å²) in [6, 6.07) is 15.3. The fourth-order valence-electron chi connectivity index (χ4n) is 4.31. The summed E-state index contributed by atoms with van der Waals surface area (Å²) in [5.41, 5.74) is 1.50. The van der Waals surface area contributed by atoms with Crippen molar-refractivity contribution < 1.29 is 23.1 Å². The summed E-state index contributed by atoms with van der Waals surface area (Å²) in [5.74, 6) is -2.00. The van der Waals surface area contributed by atoms with Crippen LogP contribution in [-0.2, 0) is 17.8 Å². The summed E-state index contributed by atoms with van der Waals surface area (Å²) in [6.45, 7) is 5.11. The van der Waals surface area contributed by atoms with Crippen LogP contribution in [0.3, 0.4) is 0 Å². The summed E-state index contributed by atoms with van der Waals surface area (Å²) >= 11 is 0. The van der Waals surface area contributed by atoms with Crippen molar-refractivity contribution >= 4 is 22.9 Å². The van der Waals surface area contributed by atoms with E-state index in [4.69, 9.17) is 4.74 Å². The van der Waals surface area contributed by atoms with Crippen LogP contribution >= 0.6 is 0 Å². The predicted octanol–water partition coefficient (Wildman–Crippen LogP) is 5.30. The molecule has 11 heteroatoms. The Hall–Kier alpha value is -5.19. The Kier molecular flexibility index (Phi) is 7.66. The van der Waals surface area contributed by atoms with E-state index in [1.54, 1.807) is 63.2 Å². The number of benzene rings is 3. The fourth-order valence-corrected chi connectivity index (χ4v) is 4.31. The molecule has 0 fully saturated rings. The number of halogens is 2. The van der Waals surface area contributed by atoms with Gasteiger partial charge in [-0.1, -0.05) is 24.3 Å². The highest BCUT2D eigenvalue weighted by molar-refractivity contribution is 5.94. The van der Waals surface area contributed by atoms with E-state index in [1.807, 2.05) is 0 Å². The maximum Gasteiger partial charge on any atom is 0.435 e. The SMILES string of the molecule is CC(C)(C)OC(=O)n1cc(-c2ccc3ncn(Cc4cccc(C(=O)NCc5c(F)cccc5F)c4)c(=O)c3c2)cn1. The fraction of sp³-hybridized carbons (Fsp3) is 0.194. The molecule has 0 spiro atoms. The van der Waals surface area contributed by atoms with Gasteiger partial charge in [-0.3, -0.25) is 14.2 Å². The highest BCUT2D eigenvalue weighted by Gasteiger charge is 2.19. The van der Waals surface area contributed by atoms with Gasteiger partial charge in [0.05, 0.1) is 30.0 Å². The minimum absolute atomic E-state index is 0.131. The zero-order chi connectivity index (χ0) is 30.0. The minimum Gasteiger partial charge on any atom is -0.442 e. The molecule has 0 saturated carbocycles. The normalized spacial score (nSPS) is 11.5. The largest absolute Gasteiger partial charge is 0.442 e. The van der Waals surface area contributed by atoms with E-state index in [9.17, 15) is 23.2 Å². The van der Waals surface area contributed by atoms with E-state index in [1.165, 1.54) is 29.4 Å².